The lowest BCUT2D eigenvalue weighted by Crippen LogP contribution is -2.14. The Balaban J connectivity index is 2.46. The van der Waals surface area contributed by atoms with Gasteiger partial charge in [0.05, 0.1) is 28.1 Å². The number of aliphatic hydroxyl groups is 1. The summed E-state index contributed by atoms with van der Waals surface area (Å²) in [6, 6.07) is 4.43. The minimum atomic E-state index is -1.10. The van der Waals surface area contributed by atoms with E-state index >= 15 is 0 Å². The third-order valence-corrected chi connectivity index (χ3v) is 4.06. The number of hydrogen-bond acceptors (Lipinski definition) is 5. The van der Waals surface area contributed by atoms with Gasteiger partial charge in [0.15, 0.2) is 5.05 Å². The number of aromatic carboxylic acids is 1. The van der Waals surface area contributed by atoms with Crippen LogP contribution >= 0.6 is 23.6 Å². The fourth-order valence-corrected chi connectivity index (χ4v) is 3.00. The summed E-state index contributed by atoms with van der Waals surface area (Å²) in [5.41, 5.74) is 0.534. The summed E-state index contributed by atoms with van der Waals surface area (Å²) in [5.74, 6) is -3.04. The van der Waals surface area contributed by atoms with Gasteiger partial charge in [-0.2, -0.15) is 0 Å². The number of aromatic nitrogens is 1. The minimum absolute atomic E-state index is 0.0932. The lowest BCUT2D eigenvalue weighted by atomic mass is 10.1. The van der Waals surface area contributed by atoms with Crippen molar-refractivity contribution >= 4 is 50.8 Å². The molecule has 0 spiro atoms. The molecule has 0 aliphatic rings. The highest BCUT2D eigenvalue weighted by Gasteiger charge is 2.24. The summed E-state index contributed by atoms with van der Waals surface area (Å²) in [5, 5.41) is 27.1. The number of rotatable bonds is 5. The Bertz CT molecular complexity index is 709. The first-order valence-electron chi connectivity index (χ1n) is 5.47. The van der Waals surface area contributed by atoms with Crippen LogP contribution < -0.4 is 0 Å². The molecule has 0 bridgehead atoms. The fraction of sp³-hybridized carbons (Fsp3) is 0.167. The highest BCUT2D eigenvalue weighted by molar-refractivity contribution is 7.80. The molecule has 8 heteroatoms. The van der Waals surface area contributed by atoms with Crippen molar-refractivity contribution in [3.05, 3.63) is 28.8 Å². The molecule has 1 unspecified atom stereocenters. The van der Waals surface area contributed by atoms with Gasteiger partial charge in [-0.1, -0.05) is 0 Å². The molecule has 20 heavy (non-hydrogen) atoms. The summed E-state index contributed by atoms with van der Waals surface area (Å²) in [6.07, 6.45) is -0.360. The van der Waals surface area contributed by atoms with Crippen molar-refractivity contribution in [1.29, 1.82) is 0 Å². The van der Waals surface area contributed by atoms with Gasteiger partial charge in [-0.25, -0.2) is 9.78 Å². The van der Waals surface area contributed by atoms with E-state index in [9.17, 15) is 14.7 Å². The predicted molar refractivity (Wildman–Crippen MR) is 76.8 cm³/mol. The standard InChI is InChI=1S/C12H9NO5S2/c14-9(15)4-6(12(18)19)10-13-7-3-5(11(16)17)1-2-8(7)20-10/h1-3,6H,4H2,(H,14,15)(H,16,17)(H,18,19). The van der Waals surface area contributed by atoms with Gasteiger partial charge in [-0.3, -0.25) is 4.79 Å². The second-order valence-electron chi connectivity index (χ2n) is 4.03. The van der Waals surface area contributed by atoms with Gasteiger partial charge in [0, 0.05) is 0 Å². The van der Waals surface area contributed by atoms with Crippen LogP contribution in [-0.2, 0) is 4.79 Å². The van der Waals surface area contributed by atoms with Crippen molar-refractivity contribution in [1.82, 2.24) is 4.98 Å². The second kappa shape index (κ2) is 5.51. The Morgan fingerprint density at radius 2 is 2.00 bits per heavy atom. The third kappa shape index (κ3) is 2.91. The van der Waals surface area contributed by atoms with Crippen molar-refractivity contribution in [2.75, 3.05) is 0 Å². The average Bonchev–Trinajstić information content (AvgIpc) is 2.77. The number of thiazole rings is 1. The zero-order chi connectivity index (χ0) is 14.9. The highest BCUT2D eigenvalue weighted by atomic mass is 32.1. The molecular weight excluding hydrogens is 302 g/mol. The lowest BCUT2D eigenvalue weighted by Gasteiger charge is -2.07. The number of hydrogen-bond donors (Lipinski definition) is 3. The molecule has 3 N–H and O–H groups in total. The molecule has 0 amide bonds. The molecule has 1 aromatic carbocycles. The lowest BCUT2D eigenvalue weighted by molar-refractivity contribution is -0.137. The fourth-order valence-electron chi connectivity index (χ4n) is 1.68. The van der Waals surface area contributed by atoms with E-state index in [4.69, 9.17) is 10.2 Å². The first-order valence-corrected chi connectivity index (χ1v) is 6.69. The number of nitrogens with zero attached hydrogens (tertiary/aromatic N) is 1. The Kier molecular flexibility index (Phi) is 3.96. The number of aliphatic hydroxyl groups excluding tert-OH is 1. The number of fused-ring (bicyclic) bond motifs is 1. The summed E-state index contributed by atoms with van der Waals surface area (Å²) in [4.78, 5) is 25.8. The van der Waals surface area contributed by atoms with E-state index in [1.54, 1.807) is 6.07 Å². The van der Waals surface area contributed by atoms with Gasteiger partial charge in [-0.05, 0) is 30.4 Å². The van der Waals surface area contributed by atoms with Crippen molar-refractivity contribution in [3.63, 3.8) is 0 Å². The molecule has 0 radical (unpaired) electrons. The summed E-state index contributed by atoms with van der Waals surface area (Å²) in [7, 11) is 0. The third-order valence-electron chi connectivity index (χ3n) is 2.63. The number of benzene rings is 1. The molecule has 1 aromatic heterocycles. The molecule has 6 nitrogen and oxygen atoms in total. The quantitative estimate of drug-likeness (QED) is 0.728. The van der Waals surface area contributed by atoms with Gasteiger partial charge < -0.3 is 15.3 Å². The zero-order valence-corrected chi connectivity index (χ0v) is 11.6. The smallest absolute Gasteiger partial charge is 0.335 e. The van der Waals surface area contributed by atoms with Crippen LogP contribution in [0, 0.1) is 0 Å². The molecule has 2 rings (SSSR count). The summed E-state index contributed by atoms with van der Waals surface area (Å²) >= 11 is 5.84. The van der Waals surface area contributed by atoms with Crippen LogP contribution in [0.1, 0.15) is 27.7 Å². The van der Waals surface area contributed by atoms with Crippen LogP contribution in [0.3, 0.4) is 0 Å². The van der Waals surface area contributed by atoms with E-state index in [1.165, 1.54) is 23.5 Å². The molecule has 0 fully saturated rings. The monoisotopic (exact) mass is 311 g/mol. The molecule has 0 aliphatic carbocycles. The van der Waals surface area contributed by atoms with Crippen LogP contribution in [0.4, 0.5) is 0 Å². The topological polar surface area (TPSA) is 108 Å². The minimum Gasteiger partial charge on any atom is -0.501 e. The number of carbonyl (C=O) groups is 2. The van der Waals surface area contributed by atoms with E-state index in [0.29, 0.717) is 15.2 Å². The Morgan fingerprint density at radius 1 is 1.30 bits per heavy atom. The maximum Gasteiger partial charge on any atom is 0.335 e. The molecule has 0 saturated carbocycles. The second-order valence-corrected chi connectivity index (χ2v) is 5.51. The van der Waals surface area contributed by atoms with Crippen LogP contribution in [0.25, 0.3) is 10.2 Å². The van der Waals surface area contributed by atoms with Crippen LogP contribution in [-0.4, -0.2) is 37.3 Å². The summed E-state index contributed by atoms with van der Waals surface area (Å²) in [6.45, 7) is 0. The van der Waals surface area contributed by atoms with Crippen LogP contribution in [0.2, 0.25) is 0 Å². The van der Waals surface area contributed by atoms with Gasteiger partial charge >= 0.3 is 11.9 Å². The Morgan fingerprint density at radius 3 is 2.55 bits per heavy atom. The van der Waals surface area contributed by atoms with Gasteiger partial charge in [0.1, 0.15) is 5.01 Å². The first kappa shape index (κ1) is 14.4. The van der Waals surface area contributed by atoms with Crippen molar-refractivity contribution < 1.29 is 24.9 Å². The van der Waals surface area contributed by atoms with Gasteiger partial charge in [0.25, 0.3) is 0 Å². The first-order chi connectivity index (χ1) is 9.38. The molecule has 0 aliphatic heterocycles. The van der Waals surface area contributed by atoms with Crippen molar-refractivity contribution in [2.24, 2.45) is 0 Å². The number of aliphatic carboxylic acids is 1. The van der Waals surface area contributed by atoms with E-state index in [0.717, 1.165) is 0 Å². The molecule has 0 saturated heterocycles. The normalized spacial score (nSPS) is 12.2. The van der Waals surface area contributed by atoms with Crippen LogP contribution in [0.5, 0.6) is 0 Å². The Labute approximate surface area is 122 Å². The number of thiocarbonyl (C=S) groups is 1. The van der Waals surface area contributed by atoms with E-state index < -0.39 is 22.9 Å². The van der Waals surface area contributed by atoms with E-state index in [1.807, 2.05) is 0 Å². The molecule has 104 valence electrons. The number of carboxylic acids is 2. The predicted octanol–water partition coefficient (Wildman–Crippen LogP) is 2.44. The maximum atomic E-state index is 10.9. The summed E-state index contributed by atoms with van der Waals surface area (Å²) < 4.78 is 0.705. The van der Waals surface area contributed by atoms with E-state index in [2.05, 4.69) is 17.2 Å². The zero-order valence-electron chi connectivity index (χ0n) is 9.94. The SMILES string of the molecule is O=C(O)CC(C(O)=S)c1nc2cc(C(=O)O)ccc2s1. The Hall–Kier alpha value is -2.06. The van der Waals surface area contributed by atoms with Gasteiger partial charge in [-0.15, -0.1) is 11.3 Å². The highest BCUT2D eigenvalue weighted by Crippen LogP contribution is 2.30. The number of carboxylic acid groups (broad SMARTS) is 2. The largest absolute Gasteiger partial charge is 0.501 e. The molecule has 2 aromatic rings. The van der Waals surface area contributed by atoms with E-state index in [-0.39, 0.29) is 12.0 Å². The molecule has 1 atom stereocenters. The maximum absolute atomic E-state index is 10.9. The van der Waals surface area contributed by atoms with Crippen molar-refractivity contribution in [2.45, 2.75) is 12.3 Å². The molecular formula is C12H9NO5S2. The van der Waals surface area contributed by atoms with Gasteiger partial charge in [0.2, 0.25) is 0 Å². The average molecular weight is 311 g/mol. The van der Waals surface area contributed by atoms with Crippen LogP contribution in [0.15, 0.2) is 18.2 Å². The molecule has 1 heterocycles. The van der Waals surface area contributed by atoms with Crippen molar-refractivity contribution in [3.8, 4) is 0 Å².